The van der Waals surface area contributed by atoms with Crippen LogP contribution in [0.3, 0.4) is 0 Å². The maximum Gasteiger partial charge on any atom is 0.105 e. The molecular weight excluding hydrogens is 322 g/mol. The van der Waals surface area contributed by atoms with Gasteiger partial charge in [-0.25, -0.2) is 0 Å². The van der Waals surface area contributed by atoms with Gasteiger partial charge in [-0.3, -0.25) is 4.90 Å². The lowest BCUT2D eigenvalue weighted by Crippen LogP contribution is -2.57. The van der Waals surface area contributed by atoms with Crippen LogP contribution in [-0.4, -0.2) is 42.1 Å². The standard InChI is InChI=1S/C14H20BrN3S/c1-14(2)9-18(7-6-17(14)3)10-4-5-11(13(16)19)12(15)8-10/h4-5,8H,6-7,9H2,1-3H3,(H2,16,19). The predicted octanol–water partition coefficient (Wildman–Crippen LogP) is 2.61. The second kappa shape index (κ2) is 5.38. The number of hydrogen-bond donors (Lipinski definition) is 1. The number of piperazine rings is 1. The SMILES string of the molecule is CN1CCN(c2ccc(C(N)=S)c(Br)c2)CC1(C)C. The molecule has 0 radical (unpaired) electrons. The summed E-state index contributed by atoms with van der Waals surface area (Å²) in [6.45, 7) is 7.68. The first-order valence-electron chi connectivity index (χ1n) is 6.37. The fourth-order valence-corrected chi connectivity index (χ4v) is 3.25. The summed E-state index contributed by atoms with van der Waals surface area (Å²) >= 11 is 8.58. The van der Waals surface area contributed by atoms with Crippen molar-refractivity contribution in [2.45, 2.75) is 19.4 Å². The summed E-state index contributed by atoms with van der Waals surface area (Å²) in [6.07, 6.45) is 0. The molecule has 1 aliphatic heterocycles. The lowest BCUT2D eigenvalue weighted by molar-refractivity contribution is 0.139. The van der Waals surface area contributed by atoms with Gasteiger partial charge in [0.25, 0.3) is 0 Å². The number of nitrogens with two attached hydrogens (primary N) is 1. The van der Waals surface area contributed by atoms with E-state index in [1.54, 1.807) is 0 Å². The molecule has 0 saturated carbocycles. The van der Waals surface area contributed by atoms with Crippen LogP contribution >= 0.6 is 28.1 Å². The van der Waals surface area contributed by atoms with E-state index in [2.05, 4.69) is 58.8 Å². The van der Waals surface area contributed by atoms with Gasteiger partial charge in [-0.1, -0.05) is 12.2 Å². The van der Waals surface area contributed by atoms with Gasteiger partial charge in [0.15, 0.2) is 0 Å². The molecule has 3 nitrogen and oxygen atoms in total. The molecule has 2 rings (SSSR count). The number of halogens is 1. The zero-order chi connectivity index (χ0) is 14.2. The van der Waals surface area contributed by atoms with E-state index in [-0.39, 0.29) is 5.54 Å². The first-order valence-corrected chi connectivity index (χ1v) is 7.57. The Morgan fingerprint density at radius 1 is 1.37 bits per heavy atom. The van der Waals surface area contributed by atoms with Gasteiger partial charge in [-0.05, 0) is 55.0 Å². The average Bonchev–Trinajstić information content (AvgIpc) is 2.32. The third-order valence-corrected chi connectivity index (χ3v) is 4.78. The molecule has 0 aliphatic carbocycles. The Kier molecular flexibility index (Phi) is 4.18. The Morgan fingerprint density at radius 2 is 2.05 bits per heavy atom. The van der Waals surface area contributed by atoms with Crippen molar-refractivity contribution < 1.29 is 0 Å². The maximum absolute atomic E-state index is 5.69. The van der Waals surface area contributed by atoms with Gasteiger partial charge in [-0.15, -0.1) is 0 Å². The molecule has 0 bridgehead atoms. The second-order valence-electron chi connectivity index (χ2n) is 5.68. The molecule has 19 heavy (non-hydrogen) atoms. The molecule has 0 unspecified atom stereocenters. The number of likely N-dealkylation sites (N-methyl/N-ethyl adjacent to an activating group) is 1. The zero-order valence-corrected chi connectivity index (χ0v) is 14.0. The molecule has 5 heteroatoms. The fourth-order valence-electron chi connectivity index (χ4n) is 2.36. The summed E-state index contributed by atoms with van der Waals surface area (Å²) in [6, 6.07) is 6.20. The van der Waals surface area contributed by atoms with Crippen molar-refractivity contribution in [3.05, 3.63) is 28.2 Å². The van der Waals surface area contributed by atoms with E-state index in [4.69, 9.17) is 18.0 Å². The highest BCUT2D eigenvalue weighted by Gasteiger charge is 2.31. The highest BCUT2D eigenvalue weighted by Crippen LogP contribution is 2.28. The number of hydrogen-bond acceptors (Lipinski definition) is 3. The van der Waals surface area contributed by atoms with Crippen molar-refractivity contribution in [3.8, 4) is 0 Å². The van der Waals surface area contributed by atoms with E-state index in [0.29, 0.717) is 4.99 Å². The van der Waals surface area contributed by atoms with Crippen molar-refractivity contribution in [2.75, 3.05) is 31.6 Å². The Balaban J connectivity index is 2.24. The molecule has 1 heterocycles. The summed E-state index contributed by atoms with van der Waals surface area (Å²) in [4.78, 5) is 5.24. The van der Waals surface area contributed by atoms with E-state index < -0.39 is 0 Å². The lowest BCUT2D eigenvalue weighted by atomic mass is 9.99. The van der Waals surface area contributed by atoms with Crippen molar-refractivity contribution in [2.24, 2.45) is 5.73 Å². The Hall–Kier alpha value is -0.650. The van der Waals surface area contributed by atoms with Gasteiger partial charge in [0, 0.05) is 40.9 Å². The van der Waals surface area contributed by atoms with Crippen LogP contribution in [0, 0.1) is 0 Å². The van der Waals surface area contributed by atoms with Gasteiger partial charge in [0.1, 0.15) is 4.99 Å². The number of nitrogens with zero attached hydrogens (tertiary/aromatic N) is 2. The van der Waals surface area contributed by atoms with E-state index in [0.717, 1.165) is 29.7 Å². The monoisotopic (exact) mass is 341 g/mol. The molecule has 0 spiro atoms. The van der Waals surface area contributed by atoms with E-state index in [1.807, 2.05) is 6.07 Å². The number of anilines is 1. The van der Waals surface area contributed by atoms with Crippen LogP contribution in [0.25, 0.3) is 0 Å². The third kappa shape index (κ3) is 3.09. The minimum absolute atomic E-state index is 0.187. The third-order valence-electron chi connectivity index (χ3n) is 3.90. The van der Waals surface area contributed by atoms with Crippen molar-refractivity contribution in [1.82, 2.24) is 4.90 Å². The molecule has 1 saturated heterocycles. The van der Waals surface area contributed by atoms with E-state index in [9.17, 15) is 0 Å². The summed E-state index contributed by atoms with van der Waals surface area (Å²) in [7, 11) is 2.18. The zero-order valence-electron chi connectivity index (χ0n) is 11.6. The van der Waals surface area contributed by atoms with Crippen molar-refractivity contribution in [1.29, 1.82) is 0 Å². The van der Waals surface area contributed by atoms with E-state index in [1.165, 1.54) is 5.69 Å². The van der Waals surface area contributed by atoms with Crippen LogP contribution in [0.4, 0.5) is 5.69 Å². The topological polar surface area (TPSA) is 32.5 Å². The molecule has 104 valence electrons. The minimum atomic E-state index is 0.187. The molecule has 1 aromatic carbocycles. The van der Waals surface area contributed by atoms with Gasteiger partial charge >= 0.3 is 0 Å². The summed E-state index contributed by atoms with van der Waals surface area (Å²) in [5.41, 5.74) is 7.98. The van der Waals surface area contributed by atoms with Gasteiger partial charge < -0.3 is 10.6 Å². The van der Waals surface area contributed by atoms with Crippen LogP contribution in [0.5, 0.6) is 0 Å². The minimum Gasteiger partial charge on any atom is -0.389 e. The molecule has 1 aliphatic rings. The summed E-state index contributed by atoms with van der Waals surface area (Å²) in [5, 5.41) is 0. The highest BCUT2D eigenvalue weighted by molar-refractivity contribution is 9.10. The normalized spacial score (nSPS) is 19.5. The first-order chi connectivity index (χ1) is 8.81. The Labute approximate surface area is 128 Å². The highest BCUT2D eigenvalue weighted by atomic mass is 79.9. The molecular formula is C14H20BrN3S. The van der Waals surface area contributed by atoms with Crippen molar-refractivity contribution in [3.63, 3.8) is 0 Å². The molecule has 1 fully saturated rings. The van der Waals surface area contributed by atoms with Gasteiger partial charge in [-0.2, -0.15) is 0 Å². The van der Waals surface area contributed by atoms with Crippen LogP contribution < -0.4 is 10.6 Å². The van der Waals surface area contributed by atoms with Crippen LogP contribution in [0.2, 0.25) is 0 Å². The summed E-state index contributed by atoms with van der Waals surface area (Å²) < 4.78 is 0.967. The Morgan fingerprint density at radius 3 is 2.58 bits per heavy atom. The molecule has 2 N–H and O–H groups in total. The van der Waals surface area contributed by atoms with Crippen LogP contribution in [0.1, 0.15) is 19.4 Å². The molecule has 0 atom stereocenters. The number of thiocarbonyl (C=S) groups is 1. The Bertz CT molecular complexity index is 501. The summed E-state index contributed by atoms with van der Waals surface area (Å²) in [5.74, 6) is 0. The van der Waals surface area contributed by atoms with Gasteiger partial charge in [0.05, 0.1) is 0 Å². The first kappa shape index (κ1) is 14.8. The molecule has 1 aromatic rings. The van der Waals surface area contributed by atoms with Crippen LogP contribution in [-0.2, 0) is 0 Å². The fraction of sp³-hybridized carbons (Fsp3) is 0.500. The average molecular weight is 342 g/mol. The smallest absolute Gasteiger partial charge is 0.105 e. The second-order valence-corrected chi connectivity index (χ2v) is 6.98. The van der Waals surface area contributed by atoms with Crippen LogP contribution in [0.15, 0.2) is 22.7 Å². The molecule has 0 aromatic heterocycles. The predicted molar refractivity (Wildman–Crippen MR) is 89.0 cm³/mol. The van der Waals surface area contributed by atoms with Gasteiger partial charge in [0.2, 0.25) is 0 Å². The number of benzene rings is 1. The largest absolute Gasteiger partial charge is 0.389 e. The maximum atomic E-state index is 5.69. The van der Waals surface area contributed by atoms with Crippen molar-refractivity contribution >= 4 is 38.8 Å². The van der Waals surface area contributed by atoms with E-state index >= 15 is 0 Å². The lowest BCUT2D eigenvalue weighted by Gasteiger charge is -2.46. The molecule has 0 amide bonds. The quantitative estimate of drug-likeness (QED) is 0.838. The number of rotatable bonds is 2.